The Balaban J connectivity index is 1.88. The van der Waals surface area contributed by atoms with Crippen molar-refractivity contribution in [2.75, 3.05) is 5.32 Å². The first kappa shape index (κ1) is 13.0. The number of aromatic nitrogens is 2. The summed E-state index contributed by atoms with van der Waals surface area (Å²) in [5.41, 5.74) is 1.75. The second kappa shape index (κ2) is 5.20. The Morgan fingerprint density at radius 1 is 1.33 bits per heavy atom. The summed E-state index contributed by atoms with van der Waals surface area (Å²) in [6.45, 7) is 0.317. The van der Waals surface area contributed by atoms with Gasteiger partial charge in [-0.05, 0) is 18.2 Å². The van der Waals surface area contributed by atoms with E-state index in [4.69, 9.17) is 0 Å². The van der Waals surface area contributed by atoms with Crippen molar-refractivity contribution in [2.45, 2.75) is 6.54 Å². The van der Waals surface area contributed by atoms with Crippen molar-refractivity contribution < 1.29 is 9.31 Å². The summed E-state index contributed by atoms with van der Waals surface area (Å²) in [5.74, 6) is -0.525. The van der Waals surface area contributed by atoms with Crippen molar-refractivity contribution in [2.24, 2.45) is 0 Å². The van der Waals surface area contributed by atoms with E-state index in [1.807, 2.05) is 24.4 Å². The van der Waals surface area contributed by atoms with Gasteiger partial charge in [0.15, 0.2) is 0 Å². The Kier molecular flexibility index (Phi) is 3.23. The van der Waals surface area contributed by atoms with E-state index >= 15 is 0 Å². The van der Waals surface area contributed by atoms with E-state index in [-0.39, 0.29) is 11.4 Å². The molecule has 3 rings (SSSR count). The van der Waals surface area contributed by atoms with Crippen molar-refractivity contribution in [3.05, 3.63) is 70.3 Å². The summed E-state index contributed by atoms with van der Waals surface area (Å²) in [7, 11) is 0. The van der Waals surface area contributed by atoms with E-state index in [0.29, 0.717) is 6.54 Å². The summed E-state index contributed by atoms with van der Waals surface area (Å²) in [4.78, 5) is 10.4. The van der Waals surface area contributed by atoms with Crippen LogP contribution >= 0.6 is 0 Å². The van der Waals surface area contributed by atoms with Gasteiger partial charge in [-0.2, -0.15) is 5.10 Å². The van der Waals surface area contributed by atoms with Crippen LogP contribution in [0.2, 0.25) is 0 Å². The van der Waals surface area contributed by atoms with Gasteiger partial charge in [-0.25, -0.2) is 8.91 Å². The molecule has 0 atom stereocenters. The molecule has 106 valence electrons. The van der Waals surface area contributed by atoms with Crippen LogP contribution in [-0.4, -0.2) is 14.5 Å². The first-order chi connectivity index (χ1) is 10.1. The third kappa shape index (κ3) is 2.53. The number of benzene rings is 1. The molecule has 0 aliphatic carbocycles. The molecule has 1 aromatic carbocycles. The van der Waals surface area contributed by atoms with Gasteiger partial charge < -0.3 is 5.32 Å². The van der Waals surface area contributed by atoms with Gasteiger partial charge in [0.1, 0.15) is 11.5 Å². The lowest BCUT2D eigenvalue weighted by Gasteiger charge is -2.06. The average Bonchev–Trinajstić information content (AvgIpc) is 2.88. The van der Waals surface area contributed by atoms with Gasteiger partial charge in [0, 0.05) is 30.4 Å². The molecule has 0 spiro atoms. The number of nitrogens with zero attached hydrogens (tertiary/aromatic N) is 3. The Morgan fingerprint density at radius 2 is 2.19 bits per heavy atom. The first-order valence-corrected chi connectivity index (χ1v) is 6.24. The first-order valence-electron chi connectivity index (χ1n) is 6.24. The summed E-state index contributed by atoms with van der Waals surface area (Å²) in [6.07, 6.45) is 3.48. The predicted octanol–water partition coefficient (Wildman–Crippen LogP) is 2.99. The number of pyridine rings is 1. The maximum atomic E-state index is 13.3. The van der Waals surface area contributed by atoms with Gasteiger partial charge in [0.05, 0.1) is 16.6 Å². The number of nitro groups is 1. The van der Waals surface area contributed by atoms with Crippen molar-refractivity contribution in [3.63, 3.8) is 0 Å². The molecule has 0 saturated carbocycles. The lowest BCUT2D eigenvalue weighted by atomic mass is 10.2. The van der Waals surface area contributed by atoms with E-state index < -0.39 is 10.7 Å². The number of nitrogens with one attached hydrogen (secondary N) is 1. The molecule has 0 aliphatic rings. The number of halogens is 1. The number of rotatable bonds is 4. The van der Waals surface area contributed by atoms with Crippen LogP contribution in [0.15, 0.2) is 48.8 Å². The molecule has 6 nitrogen and oxygen atoms in total. The fourth-order valence-corrected chi connectivity index (χ4v) is 2.12. The molecule has 0 saturated heterocycles. The highest BCUT2D eigenvalue weighted by atomic mass is 19.1. The fourth-order valence-electron chi connectivity index (χ4n) is 2.12. The summed E-state index contributed by atoms with van der Waals surface area (Å²) in [6, 6.07) is 8.96. The van der Waals surface area contributed by atoms with Gasteiger partial charge in [0.2, 0.25) is 0 Å². The van der Waals surface area contributed by atoms with Gasteiger partial charge in [-0.3, -0.25) is 10.1 Å². The summed E-state index contributed by atoms with van der Waals surface area (Å²) < 4.78 is 15.0. The highest BCUT2D eigenvalue weighted by molar-refractivity contribution is 5.63. The number of fused-ring (bicyclic) bond motifs is 1. The molecule has 0 amide bonds. The molecule has 2 aromatic heterocycles. The highest BCUT2D eigenvalue weighted by Gasteiger charge is 2.14. The number of hydrogen-bond donors (Lipinski definition) is 1. The van der Waals surface area contributed by atoms with Gasteiger partial charge in [-0.1, -0.05) is 6.07 Å². The molecule has 0 fully saturated rings. The molecule has 21 heavy (non-hydrogen) atoms. The van der Waals surface area contributed by atoms with Crippen molar-refractivity contribution in [3.8, 4) is 0 Å². The maximum Gasteiger partial charge on any atom is 0.292 e. The predicted molar refractivity (Wildman–Crippen MR) is 75.6 cm³/mol. The van der Waals surface area contributed by atoms with Crippen LogP contribution < -0.4 is 5.32 Å². The van der Waals surface area contributed by atoms with Crippen LogP contribution in [0.4, 0.5) is 15.8 Å². The zero-order valence-corrected chi connectivity index (χ0v) is 10.9. The third-order valence-corrected chi connectivity index (χ3v) is 3.13. The number of hydrogen-bond acceptors (Lipinski definition) is 4. The van der Waals surface area contributed by atoms with Crippen LogP contribution in [0.25, 0.3) is 5.52 Å². The molecule has 0 aliphatic heterocycles. The van der Waals surface area contributed by atoms with Gasteiger partial charge >= 0.3 is 0 Å². The quantitative estimate of drug-likeness (QED) is 0.591. The fraction of sp³-hybridized carbons (Fsp3) is 0.0714. The molecule has 7 heteroatoms. The Hall–Kier alpha value is -2.96. The highest BCUT2D eigenvalue weighted by Crippen LogP contribution is 2.25. The lowest BCUT2D eigenvalue weighted by Crippen LogP contribution is -2.03. The van der Waals surface area contributed by atoms with E-state index in [1.165, 1.54) is 0 Å². The van der Waals surface area contributed by atoms with Crippen molar-refractivity contribution in [1.82, 2.24) is 9.61 Å². The minimum Gasteiger partial charge on any atom is -0.375 e. The Morgan fingerprint density at radius 3 is 3.00 bits per heavy atom. The normalized spacial score (nSPS) is 10.7. The zero-order valence-electron chi connectivity index (χ0n) is 10.9. The topological polar surface area (TPSA) is 72.5 Å². The molecule has 0 bridgehead atoms. The minimum absolute atomic E-state index is 0.148. The molecule has 3 aromatic rings. The van der Waals surface area contributed by atoms with Crippen LogP contribution in [-0.2, 0) is 6.54 Å². The van der Waals surface area contributed by atoms with Crippen LogP contribution in [0, 0.1) is 15.9 Å². The van der Waals surface area contributed by atoms with Gasteiger partial charge in [0.25, 0.3) is 5.69 Å². The molecule has 2 heterocycles. The maximum absolute atomic E-state index is 13.3. The minimum atomic E-state index is -0.544. The zero-order chi connectivity index (χ0) is 14.8. The lowest BCUT2D eigenvalue weighted by molar-refractivity contribution is -0.384. The number of nitro benzene ring substituents is 1. The van der Waals surface area contributed by atoms with Crippen LogP contribution in [0.5, 0.6) is 0 Å². The largest absolute Gasteiger partial charge is 0.375 e. The van der Waals surface area contributed by atoms with Crippen molar-refractivity contribution in [1.29, 1.82) is 0 Å². The summed E-state index contributed by atoms with van der Waals surface area (Å²) in [5, 5.41) is 18.0. The Labute approximate surface area is 119 Å². The van der Waals surface area contributed by atoms with Crippen LogP contribution in [0.1, 0.15) is 5.56 Å². The molecule has 1 N–H and O–H groups in total. The SMILES string of the molecule is O=[N+]([O-])c1ccc(F)cc1NCc1cnn2ccccc12. The average molecular weight is 286 g/mol. The van der Waals surface area contributed by atoms with E-state index in [0.717, 1.165) is 29.3 Å². The van der Waals surface area contributed by atoms with E-state index in [1.54, 1.807) is 10.7 Å². The monoisotopic (exact) mass is 286 g/mol. The smallest absolute Gasteiger partial charge is 0.292 e. The molecular formula is C14H11FN4O2. The third-order valence-electron chi connectivity index (χ3n) is 3.13. The van der Waals surface area contributed by atoms with Crippen LogP contribution in [0.3, 0.4) is 0 Å². The van der Waals surface area contributed by atoms with Crippen molar-refractivity contribution >= 4 is 16.9 Å². The van der Waals surface area contributed by atoms with E-state index in [9.17, 15) is 14.5 Å². The molecule has 0 unspecified atom stereocenters. The van der Waals surface area contributed by atoms with Gasteiger partial charge in [-0.15, -0.1) is 0 Å². The second-order valence-electron chi connectivity index (χ2n) is 4.47. The standard InChI is InChI=1S/C14H11FN4O2/c15-11-4-5-14(19(20)21)12(7-11)16-8-10-9-17-18-6-2-1-3-13(10)18/h1-7,9,16H,8H2. The number of anilines is 1. The molecular weight excluding hydrogens is 275 g/mol. The Bertz CT molecular complexity index is 816. The second-order valence-corrected chi connectivity index (χ2v) is 4.47. The summed E-state index contributed by atoms with van der Waals surface area (Å²) >= 11 is 0. The van der Waals surface area contributed by atoms with E-state index in [2.05, 4.69) is 10.4 Å². The molecule has 0 radical (unpaired) electrons.